The molecule has 0 spiro atoms. The van der Waals surface area contributed by atoms with Gasteiger partial charge in [-0.1, -0.05) is 79.2 Å². The number of benzene rings is 3. The summed E-state index contributed by atoms with van der Waals surface area (Å²) in [5.74, 6) is -0.551. The molecule has 1 aliphatic rings. The predicted molar refractivity (Wildman–Crippen MR) is 175 cm³/mol. The second kappa shape index (κ2) is 15.1. The Morgan fingerprint density at radius 1 is 0.909 bits per heavy atom. The van der Waals surface area contributed by atoms with E-state index < -0.39 is 0 Å². The van der Waals surface area contributed by atoms with Crippen molar-refractivity contribution >= 4 is 45.8 Å². The van der Waals surface area contributed by atoms with E-state index in [1.807, 2.05) is 24.0 Å². The zero-order chi connectivity index (χ0) is 30.9. The molecule has 0 radical (unpaired) electrons. The SMILES string of the molecule is CCCN(CC(=O)Nc1nc(CC(=O)N2CCN(C(c3ccccc3)c3ccccc3)CC2)cs1)C(=O)c1ccc(Cl)cc1. The quantitative estimate of drug-likeness (QED) is 0.228. The average Bonchev–Trinajstić information content (AvgIpc) is 3.48. The molecule has 3 amide bonds. The number of amides is 3. The summed E-state index contributed by atoms with van der Waals surface area (Å²) < 4.78 is 0. The van der Waals surface area contributed by atoms with Crippen LogP contribution in [-0.4, -0.2) is 76.7 Å². The van der Waals surface area contributed by atoms with Crippen LogP contribution in [0.2, 0.25) is 5.02 Å². The Morgan fingerprint density at radius 2 is 1.52 bits per heavy atom. The van der Waals surface area contributed by atoms with Crippen LogP contribution in [0.5, 0.6) is 0 Å². The molecule has 1 aliphatic heterocycles. The lowest BCUT2D eigenvalue weighted by Crippen LogP contribution is -2.50. The number of nitrogens with zero attached hydrogens (tertiary/aromatic N) is 4. The first-order valence-electron chi connectivity index (χ1n) is 14.8. The topological polar surface area (TPSA) is 85.8 Å². The third kappa shape index (κ3) is 8.11. The Labute approximate surface area is 267 Å². The number of nitrogens with one attached hydrogen (secondary N) is 1. The third-order valence-electron chi connectivity index (χ3n) is 7.60. The summed E-state index contributed by atoms with van der Waals surface area (Å²) >= 11 is 7.22. The van der Waals surface area contributed by atoms with Crippen LogP contribution in [0.4, 0.5) is 5.13 Å². The van der Waals surface area contributed by atoms with Gasteiger partial charge in [0, 0.05) is 48.7 Å². The molecule has 1 fully saturated rings. The molecule has 2 heterocycles. The highest BCUT2D eigenvalue weighted by Crippen LogP contribution is 2.29. The minimum atomic E-state index is -0.338. The van der Waals surface area contributed by atoms with Gasteiger partial charge in [0.2, 0.25) is 11.8 Å². The standard InChI is InChI=1S/C34H36ClN5O3S/c1-2-17-40(33(43)27-13-15-28(35)16-14-27)23-30(41)37-34-36-29(24-44-34)22-31(42)38-18-20-39(21-19-38)32(25-9-5-3-6-10-25)26-11-7-4-8-12-26/h3-16,24,32H,2,17-23H2,1H3,(H,36,37,41). The van der Waals surface area contributed by atoms with E-state index in [9.17, 15) is 14.4 Å². The molecule has 0 saturated carbocycles. The number of rotatable bonds is 11. The van der Waals surface area contributed by atoms with E-state index in [1.165, 1.54) is 27.4 Å². The molecule has 1 N–H and O–H groups in total. The van der Waals surface area contributed by atoms with Crippen molar-refractivity contribution in [2.75, 3.05) is 44.6 Å². The predicted octanol–water partition coefficient (Wildman–Crippen LogP) is 5.76. The van der Waals surface area contributed by atoms with Gasteiger partial charge in [-0.2, -0.15) is 0 Å². The fourth-order valence-corrected chi connectivity index (χ4v) is 6.31. The fourth-order valence-electron chi connectivity index (χ4n) is 5.46. The monoisotopic (exact) mass is 629 g/mol. The first-order valence-corrected chi connectivity index (χ1v) is 16.1. The second-order valence-electron chi connectivity index (χ2n) is 10.7. The molecule has 0 unspecified atom stereocenters. The minimum absolute atomic E-state index is 0.0199. The van der Waals surface area contributed by atoms with Gasteiger partial charge in [0.1, 0.15) is 6.54 Å². The van der Waals surface area contributed by atoms with E-state index in [2.05, 4.69) is 63.7 Å². The Kier molecular flexibility index (Phi) is 10.8. The zero-order valence-corrected chi connectivity index (χ0v) is 26.3. The van der Waals surface area contributed by atoms with Crippen LogP contribution in [0.1, 0.15) is 46.6 Å². The molecule has 228 valence electrons. The molecule has 5 rings (SSSR count). The number of carbonyl (C=O) groups is 3. The summed E-state index contributed by atoms with van der Waals surface area (Å²) in [6.45, 7) is 5.10. The maximum absolute atomic E-state index is 13.2. The normalized spacial score (nSPS) is 13.6. The number of hydrogen-bond donors (Lipinski definition) is 1. The van der Waals surface area contributed by atoms with Gasteiger partial charge in [-0.05, 0) is 41.8 Å². The van der Waals surface area contributed by atoms with Crippen LogP contribution >= 0.6 is 22.9 Å². The van der Waals surface area contributed by atoms with Gasteiger partial charge in [0.25, 0.3) is 5.91 Å². The number of carbonyl (C=O) groups excluding carboxylic acids is 3. The van der Waals surface area contributed by atoms with Crippen molar-refractivity contribution in [2.45, 2.75) is 25.8 Å². The molecule has 1 aromatic heterocycles. The number of halogens is 1. The first-order chi connectivity index (χ1) is 21.4. The van der Waals surface area contributed by atoms with Crippen molar-refractivity contribution < 1.29 is 14.4 Å². The summed E-state index contributed by atoms with van der Waals surface area (Å²) in [6.07, 6.45) is 0.883. The van der Waals surface area contributed by atoms with Crippen molar-refractivity contribution in [3.63, 3.8) is 0 Å². The highest BCUT2D eigenvalue weighted by atomic mass is 35.5. The van der Waals surface area contributed by atoms with Gasteiger partial charge in [0.05, 0.1) is 18.2 Å². The summed E-state index contributed by atoms with van der Waals surface area (Å²) in [7, 11) is 0. The van der Waals surface area contributed by atoms with Gasteiger partial charge in [-0.25, -0.2) is 4.98 Å². The molecule has 1 saturated heterocycles. The van der Waals surface area contributed by atoms with E-state index >= 15 is 0 Å². The largest absolute Gasteiger partial charge is 0.340 e. The van der Waals surface area contributed by atoms with E-state index in [1.54, 1.807) is 29.6 Å². The van der Waals surface area contributed by atoms with Crippen LogP contribution in [0.25, 0.3) is 0 Å². The van der Waals surface area contributed by atoms with E-state index in [0.29, 0.717) is 47.5 Å². The van der Waals surface area contributed by atoms with Crippen molar-refractivity contribution in [1.29, 1.82) is 0 Å². The van der Waals surface area contributed by atoms with Crippen molar-refractivity contribution in [3.05, 3.63) is 118 Å². The molecular weight excluding hydrogens is 594 g/mol. The Morgan fingerprint density at radius 3 is 2.11 bits per heavy atom. The van der Waals surface area contributed by atoms with Crippen LogP contribution in [-0.2, 0) is 16.0 Å². The minimum Gasteiger partial charge on any atom is -0.340 e. The lowest BCUT2D eigenvalue weighted by molar-refractivity contribution is -0.132. The summed E-state index contributed by atoms with van der Waals surface area (Å²) in [5.41, 5.74) is 3.57. The highest BCUT2D eigenvalue weighted by Gasteiger charge is 2.28. The van der Waals surface area contributed by atoms with Crippen LogP contribution in [0, 0.1) is 0 Å². The molecule has 8 nitrogen and oxygen atoms in total. The maximum Gasteiger partial charge on any atom is 0.254 e. The summed E-state index contributed by atoms with van der Waals surface area (Å²) in [5, 5.41) is 5.54. The lowest BCUT2D eigenvalue weighted by Gasteiger charge is -2.39. The number of piperazine rings is 1. The van der Waals surface area contributed by atoms with E-state index in [4.69, 9.17) is 11.6 Å². The van der Waals surface area contributed by atoms with Gasteiger partial charge >= 0.3 is 0 Å². The Bertz CT molecular complexity index is 1500. The number of hydrogen-bond acceptors (Lipinski definition) is 6. The molecule has 3 aromatic carbocycles. The number of aromatic nitrogens is 1. The molecule has 4 aromatic rings. The number of thiazole rings is 1. The first kappa shape index (κ1) is 31.4. The Balaban J connectivity index is 1.14. The molecule has 0 bridgehead atoms. The van der Waals surface area contributed by atoms with Crippen LogP contribution < -0.4 is 5.32 Å². The smallest absolute Gasteiger partial charge is 0.254 e. The van der Waals surface area contributed by atoms with Crippen molar-refractivity contribution in [3.8, 4) is 0 Å². The van der Waals surface area contributed by atoms with E-state index in [-0.39, 0.29) is 36.7 Å². The summed E-state index contributed by atoms with van der Waals surface area (Å²) in [6, 6.07) is 27.7. The molecular formula is C34H36ClN5O3S. The molecule has 0 atom stereocenters. The van der Waals surface area contributed by atoms with Gasteiger partial charge in [0.15, 0.2) is 5.13 Å². The van der Waals surface area contributed by atoms with E-state index in [0.717, 1.165) is 13.1 Å². The van der Waals surface area contributed by atoms with Gasteiger partial charge in [-0.3, -0.25) is 19.3 Å². The van der Waals surface area contributed by atoms with Crippen LogP contribution in [0.3, 0.4) is 0 Å². The lowest BCUT2D eigenvalue weighted by atomic mass is 9.96. The molecule has 0 aliphatic carbocycles. The fraction of sp³-hybridized carbons (Fsp3) is 0.294. The second-order valence-corrected chi connectivity index (χ2v) is 12.0. The van der Waals surface area contributed by atoms with Gasteiger partial charge < -0.3 is 15.1 Å². The molecule has 10 heteroatoms. The van der Waals surface area contributed by atoms with Crippen molar-refractivity contribution in [2.24, 2.45) is 0 Å². The summed E-state index contributed by atoms with van der Waals surface area (Å²) in [4.78, 5) is 49.3. The molecule has 44 heavy (non-hydrogen) atoms. The Hall–Kier alpha value is -4.05. The maximum atomic E-state index is 13.2. The third-order valence-corrected chi connectivity index (χ3v) is 8.66. The van der Waals surface area contributed by atoms with Gasteiger partial charge in [-0.15, -0.1) is 11.3 Å². The highest BCUT2D eigenvalue weighted by molar-refractivity contribution is 7.13. The zero-order valence-electron chi connectivity index (χ0n) is 24.7. The van der Waals surface area contributed by atoms with Crippen LogP contribution in [0.15, 0.2) is 90.3 Å². The number of anilines is 1. The van der Waals surface area contributed by atoms with Crippen molar-refractivity contribution in [1.82, 2.24) is 19.7 Å². The average molecular weight is 630 g/mol.